The van der Waals surface area contributed by atoms with Crippen molar-refractivity contribution in [1.29, 1.82) is 5.26 Å². The number of carboxylic acid groups (broad SMARTS) is 1. The van der Waals surface area contributed by atoms with E-state index in [1.54, 1.807) is 0 Å². The van der Waals surface area contributed by atoms with Crippen LogP contribution in [0.25, 0.3) is 0 Å². The molecule has 0 saturated heterocycles. The second kappa shape index (κ2) is 7.34. The summed E-state index contributed by atoms with van der Waals surface area (Å²) in [5, 5.41) is 31.8. The Bertz CT molecular complexity index is 679. The standard InChI is InChI=1S/C12H11N5O5/c1-2-16(12(19)20)11(18)10(7-13)15-14-8-4-3-5-9(6-8)17(21)22/h3-6,14H,2H2,1H3,(H,19,20). The van der Waals surface area contributed by atoms with Crippen LogP contribution in [0.4, 0.5) is 16.2 Å². The van der Waals surface area contributed by atoms with Gasteiger partial charge >= 0.3 is 6.09 Å². The first-order valence-electron chi connectivity index (χ1n) is 5.93. The number of hydrazone groups is 1. The maximum atomic E-state index is 11.8. The molecule has 0 bridgehead atoms. The van der Waals surface area contributed by atoms with Crippen LogP contribution in [-0.2, 0) is 4.79 Å². The highest BCUT2D eigenvalue weighted by molar-refractivity contribution is 6.46. The predicted octanol–water partition coefficient (Wildman–Crippen LogP) is 1.41. The van der Waals surface area contributed by atoms with Crippen LogP contribution < -0.4 is 5.43 Å². The van der Waals surface area contributed by atoms with Gasteiger partial charge in [-0.05, 0) is 13.0 Å². The second-order valence-corrected chi connectivity index (χ2v) is 3.82. The summed E-state index contributed by atoms with van der Waals surface area (Å²) in [7, 11) is 0. The molecule has 10 nitrogen and oxygen atoms in total. The average molecular weight is 305 g/mol. The number of carbonyl (C=O) groups is 2. The van der Waals surface area contributed by atoms with E-state index in [9.17, 15) is 19.7 Å². The lowest BCUT2D eigenvalue weighted by molar-refractivity contribution is -0.384. The van der Waals surface area contributed by atoms with E-state index in [-0.39, 0.29) is 17.9 Å². The van der Waals surface area contributed by atoms with Gasteiger partial charge in [0, 0.05) is 18.7 Å². The van der Waals surface area contributed by atoms with Crippen LogP contribution in [0, 0.1) is 21.4 Å². The molecule has 0 radical (unpaired) electrons. The molecule has 10 heteroatoms. The zero-order chi connectivity index (χ0) is 16.7. The van der Waals surface area contributed by atoms with E-state index < -0.39 is 22.6 Å². The van der Waals surface area contributed by atoms with Crippen molar-refractivity contribution in [2.45, 2.75) is 6.92 Å². The minimum absolute atomic E-state index is 0.147. The van der Waals surface area contributed by atoms with Crippen molar-refractivity contribution in [1.82, 2.24) is 4.90 Å². The summed E-state index contributed by atoms with van der Waals surface area (Å²) in [5.41, 5.74) is 1.60. The summed E-state index contributed by atoms with van der Waals surface area (Å²) in [4.78, 5) is 33.0. The Labute approximate surface area is 124 Å². The fourth-order valence-corrected chi connectivity index (χ4v) is 1.42. The van der Waals surface area contributed by atoms with Crippen molar-refractivity contribution in [3.05, 3.63) is 34.4 Å². The number of nitriles is 1. The molecule has 0 atom stereocenters. The number of amides is 2. The molecule has 2 amide bonds. The molecule has 0 aromatic heterocycles. The fraction of sp³-hybridized carbons (Fsp3) is 0.167. The van der Waals surface area contributed by atoms with E-state index >= 15 is 0 Å². The van der Waals surface area contributed by atoms with Gasteiger partial charge in [-0.25, -0.2) is 9.69 Å². The Morgan fingerprint density at radius 3 is 2.73 bits per heavy atom. The van der Waals surface area contributed by atoms with Crippen LogP contribution in [0.2, 0.25) is 0 Å². The topological polar surface area (TPSA) is 149 Å². The number of hydrogen-bond donors (Lipinski definition) is 2. The summed E-state index contributed by atoms with van der Waals surface area (Å²) < 4.78 is 0. The number of nitro groups is 1. The molecule has 1 aromatic rings. The maximum absolute atomic E-state index is 11.8. The number of nitro benzene ring substituents is 1. The molecule has 0 aliphatic heterocycles. The van der Waals surface area contributed by atoms with E-state index in [2.05, 4.69) is 10.5 Å². The summed E-state index contributed by atoms with van der Waals surface area (Å²) in [6, 6.07) is 6.71. The second-order valence-electron chi connectivity index (χ2n) is 3.82. The summed E-state index contributed by atoms with van der Waals surface area (Å²) in [6.45, 7) is 1.28. The third-order valence-electron chi connectivity index (χ3n) is 2.45. The molecule has 1 rings (SSSR count). The molecule has 22 heavy (non-hydrogen) atoms. The largest absolute Gasteiger partial charge is 0.465 e. The van der Waals surface area contributed by atoms with Crippen LogP contribution in [-0.4, -0.2) is 39.2 Å². The van der Waals surface area contributed by atoms with Crippen molar-refractivity contribution in [3.8, 4) is 6.07 Å². The Morgan fingerprint density at radius 2 is 2.23 bits per heavy atom. The normalized spacial score (nSPS) is 10.5. The van der Waals surface area contributed by atoms with Crippen molar-refractivity contribution >= 4 is 29.1 Å². The van der Waals surface area contributed by atoms with Gasteiger partial charge in [-0.2, -0.15) is 10.4 Å². The van der Waals surface area contributed by atoms with Crippen molar-refractivity contribution in [2.24, 2.45) is 5.10 Å². The molecule has 0 heterocycles. The van der Waals surface area contributed by atoms with Gasteiger partial charge in [0.15, 0.2) is 0 Å². The summed E-state index contributed by atoms with van der Waals surface area (Å²) in [6.07, 6.45) is -1.51. The fourth-order valence-electron chi connectivity index (χ4n) is 1.42. The quantitative estimate of drug-likeness (QED) is 0.474. The molecule has 0 unspecified atom stereocenters. The minimum atomic E-state index is -1.51. The number of hydrogen-bond acceptors (Lipinski definition) is 7. The molecular formula is C12H11N5O5. The highest BCUT2D eigenvalue weighted by atomic mass is 16.6. The Morgan fingerprint density at radius 1 is 1.55 bits per heavy atom. The van der Waals surface area contributed by atoms with Gasteiger partial charge in [-0.15, -0.1) is 0 Å². The van der Waals surface area contributed by atoms with Crippen molar-refractivity contribution < 1.29 is 19.6 Å². The summed E-state index contributed by atoms with van der Waals surface area (Å²) >= 11 is 0. The number of nitrogens with zero attached hydrogens (tertiary/aromatic N) is 4. The molecule has 1 aromatic carbocycles. The lowest BCUT2D eigenvalue weighted by Crippen LogP contribution is -2.40. The van der Waals surface area contributed by atoms with Gasteiger partial charge in [-0.3, -0.25) is 20.3 Å². The predicted molar refractivity (Wildman–Crippen MR) is 75.2 cm³/mol. The molecule has 0 saturated carbocycles. The molecule has 0 fully saturated rings. The maximum Gasteiger partial charge on any atom is 0.414 e. The third-order valence-corrected chi connectivity index (χ3v) is 2.45. The highest BCUT2D eigenvalue weighted by Crippen LogP contribution is 2.16. The van der Waals surface area contributed by atoms with Crippen molar-refractivity contribution in [2.75, 3.05) is 12.0 Å². The Kier molecular flexibility index (Phi) is 5.53. The molecular weight excluding hydrogens is 294 g/mol. The average Bonchev–Trinajstić information content (AvgIpc) is 2.48. The SMILES string of the molecule is CCN(C(=O)O)C(=O)C(C#N)=NNc1cccc([N+](=O)[O-])c1. The Hall–Kier alpha value is -3.48. The number of imide groups is 1. The number of benzene rings is 1. The van der Waals surface area contributed by atoms with Crippen LogP contribution in [0.1, 0.15) is 6.92 Å². The first kappa shape index (κ1) is 16.6. The van der Waals surface area contributed by atoms with Crippen LogP contribution in [0.5, 0.6) is 0 Å². The van der Waals surface area contributed by atoms with E-state index in [4.69, 9.17) is 10.4 Å². The highest BCUT2D eigenvalue weighted by Gasteiger charge is 2.24. The lowest BCUT2D eigenvalue weighted by Gasteiger charge is -2.13. The van der Waals surface area contributed by atoms with Crippen LogP contribution >= 0.6 is 0 Å². The van der Waals surface area contributed by atoms with Gasteiger partial charge in [0.1, 0.15) is 6.07 Å². The number of nitrogens with one attached hydrogen (secondary N) is 1. The van der Waals surface area contributed by atoms with Gasteiger partial charge in [-0.1, -0.05) is 6.07 Å². The summed E-state index contributed by atoms with van der Waals surface area (Å²) in [5.74, 6) is -1.09. The first-order valence-corrected chi connectivity index (χ1v) is 5.93. The number of anilines is 1. The lowest BCUT2D eigenvalue weighted by atomic mass is 10.3. The van der Waals surface area contributed by atoms with Gasteiger partial charge in [0.2, 0.25) is 5.71 Å². The van der Waals surface area contributed by atoms with E-state index in [0.717, 1.165) is 6.07 Å². The zero-order valence-corrected chi connectivity index (χ0v) is 11.4. The molecule has 2 N–H and O–H groups in total. The Balaban J connectivity index is 2.97. The van der Waals surface area contributed by atoms with E-state index in [0.29, 0.717) is 4.90 Å². The van der Waals surface area contributed by atoms with Gasteiger partial charge < -0.3 is 5.11 Å². The number of rotatable bonds is 5. The van der Waals surface area contributed by atoms with Crippen LogP contribution in [0.15, 0.2) is 29.4 Å². The minimum Gasteiger partial charge on any atom is -0.465 e. The van der Waals surface area contributed by atoms with E-state index in [1.165, 1.54) is 31.2 Å². The van der Waals surface area contributed by atoms with Gasteiger partial charge in [0.05, 0.1) is 10.6 Å². The van der Waals surface area contributed by atoms with Crippen molar-refractivity contribution in [3.63, 3.8) is 0 Å². The first-order chi connectivity index (χ1) is 10.4. The smallest absolute Gasteiger partial charge is 0.414 e. The monoisotopic (exact) mass is 305 g/mol. The zero-order valence-electron chi connectivity index (χ0n) is 11.4. The third kappa shape index (κ3) is 4.01. The number of non-ortho nitro benzene ring substituents is 1. The van der Waals surface area contributed by atoms with E-state index in [1.807, 2.05) is 0 Å². The molecule has 0 aliphatic carbocycles. The van der Waals surface area contributed by atoms with Crippen LogP contribution in [0.3, 0.4) is 0 Å². The molecule has 0 spiro atoms. The molecule has 0 aliphatic rings. The molecule has 114 valence electrons. The van der Waals surface area contributed by atoms with Gasteiger partial charge in [0.25, 0.3) is 11.6 Å². The number of carbonyl (C=O) groups excluding carboxylic acids is 1.